The lowest BCUT2D eigenvalue weighted by molar-refractivity contribution is 0.534. The predicted octanol–water partition coefficient (Wildman–Crippen LogP) is 1.86. The zero-order valence-electron chi connectivity index (χ0n) is 12.7. The number of nitrogens with zero attached hydrogens (tertiary/aromatic N) is 4. The smallest absolute Gasteiger partial charge is 0.298 e. The summed E-state index contributed by atoms with van der Waals surface area (Å²) in [6.07, 6.45) is 1.62. The highest BCUT2D eigenvalue weighted by molar-refractivity contribution is 5.79. The summed E-state index contributed by atoms with van der Waals surface area (Å²) < 4.78 is 1.24. The molecule has 0 amide bonds. The van der Waals surface area contributed by atoms with Crippen LogP contribution in [-0.4, -0.2) is 28.1 Å². The van der Waals surface area contributed by atoms with E-state index in [2.05, 4.69) is 20.6 Å². The van der Waals surface area contributed by atoms with Crippen molar-refractivity contribution in [3.63, 3.8) is 0 Å². The van der Waals surface area contributed by atoms with E-state index >= 15 is 0 Å². The number of anilines is 1. The summed E-state index contributed by atoms with van der Waals surface area (Å²) in [5.74, 6) is 0.306. The number of rotatable bonds is 3. The Kier molecular flexibility index (Phi) is 4.16. The molecule has 0 aliphatic heterocycles. The van der Waals surface area contributed by atoms with Crippen LogP contribution in [0.1, 0.15) is 32.0 Å². The maximum atomic E-state index is 12.5. The Balaban J connectivity index is 2.51. The molecule has 0 bridgehead atoms. The molecule has 0 fully saturated rings. The molecular formula is C15H19N5O. The second kappa shape index (κ2) is 5.87. The molecule has 1 N–H and O–H groups in total. The van der Waals surface area contributed by atoms with Crippen molar-refractivity contribution in [2.75, 3.05) is 12.4 Å². The molecule has 2 aromatic rings. The molecule has 0 saturated heterocycles. The Hall–Kier alpha value is -2.50. The van der Waals surface area contributed by atoms with Crippen LogP contribution in [0.2, 0.25) is 0 Å². The molecule has 0 aliphatic carbocycles. The van der Waals surface area contributed by atoms with Crippen LogP contribution < -0.4 is 10.9 Å². The topological polar surface area (TPSA) is 72.2 Å². The van der Waals surface area contributed by atoms with Crippen molar-refractivity contribution in [1.82, 2.24) is 14.9 Å². The molecule has 2 rings (SSSR count). The zero-order valence-corrected chi connectivity index (χ0v) is 12.7. The van der Waals surface area contributed by atoms with Gasteiger partial charge in [-0.1, -0.05) is 51.1 Å². The second-order valence-corrected chi connectivity index (χ2v) is 5.64. The Morgan fingerprint density at radius 2 is 1.86 bits per heavy atom. The summed E-state index contributed by atoms with van der Waals surface area (Å²) in [6, 6.07) is 9.57. The monoisotopic (exact) mass is 285 g/mol. The maximum absolute atomic E-state index is 12.5. The summed E-state index contributed by atoms with van der Waals surface area (Å²) in [4.78, 5) is 12.5. The van der Waals surface area contributed by atoms with Crippen LogP contribution in [0.4, 0.5) is 5.95 Å². The second-order valence-electron chi connectivity index (χ2n) is 5.64. The molecule has 0 aliphatic rings. The van der Waals surface area contributed by atoms with Gasteiger partial charge in [0, 0.05) is 12.5 Å². The number of nitrogens with one attached hydrogen (secondary N) is 1. The Morgan fingerprint density at radius 3 is 2.43 bits per heavy atom. The van der Waals surface area contributed by atoms with E-state index in [1.807, 2.05) is 51.1 Å². The van der Waals surface area contributed by atoms with Crippen LogP contribution >= 0.6 is 0 Å². The van der Waals surface area contributed by atoms with Crippen molar-refractivity contribution in [2.45, 2.75) is 26.2 Å². The zero-order chi connectivity index (χ0) is 15.5. The summed E-state index contributed by atoms with van der Waals surface area (Å²) in [6.45, 7) is 5.76. The van der Waals surface area contributed by atoms with Crippen LogP contribution in [0.5, 0.6) is 0 Å². The SMILES string of the molecule is CNc1nnc(C(C)(C)C)c(=O)n1N=Cc1ccccc1. The van der Waals surface area contributed by atoms with Gasteiger partial charge in [-0.2, -0.15) is 9.78 Å². The summed E-state index contributed by atoms with van der Waals surface area (Å²) in [5.41, 5.74) is 0.627. The fourth-order valence-electron chi connectivity index (χ4n) is 1.78. The summed E-state index contributed by atoms with van der Waals surface area (Å²) in [7, 11) is 1.68. The van der Waals surface area contributed by atoms with E-state index in [0.717, 1.165) is 5.56 Å². The van der Waals surface area contributed by atoms with Gasteiger partial charge in [-0.15, -0.1) is 10.2 Å². The average Bonchev–Trinajstić information content (AvgIpc) is 2.45. The van der Waals surface area contributed by atoms with Crippen LogP contribution in [0.15, 0.2) is 40.2 Å². The summed E-state index contributed by atoms with van der Waals surface area (Å²) in [5, 5.41) is 15.1. The third kappa shape index (κ3) is 3.34. The van der Waals surface area contributed by atoms with E-state index in [9.17, 15) is 4.79 Å². The van der Waals surface area contributed by atoms with Crippen molar-refractivity contribution < 1.29 is 0 Å². The molecule has 0 unspecified atom stereocenters. The molecule has 6 heteroatoms. The van der Waals surface area contributed by atoms with E-state index in [-0.39, 0.29) is 11.0 Å². The third-order valence-electron chi connectivity index (χ3n) is 2.90. The van der Waals surface area contributed by atoms with E-state index in [1.165, 1.54) is 4.68 Å². The molecular weight excluding hydrogens is 266 g/mol. The Morgan fingerprint density at radius 1 is 1.19 bits per heavy atom. The van der Waals surface area contributed by atoms with E-state index in [1.54, 1.807) is 13.3 Å². The normalized spacial score (nSPS) is 11.8. The molecule has 6 nitrogen and oxygen atoms in total. The van der Waals surface area contributed by atoms with Gasteiger partial charge in [0.05, 0.1) is 6.21 Å². The number of benzene rings is 1. The van der Waals surface area contributed by atoms with Gasteiger partial charge in [0.2, 0.25) is 5.95 Å². The Labute approximate surface area is 123 Å². The highest BCUT2D eigenvalue weighted by Crippen LogP contribution is 2.16. The first-order chi connectivity index (χ1) is 9.93. The van der Waals surface area contributed by atoms with Gasteiger partial charge in [0.15, 0.2) is 0 Å². The molecule has 1 heterocycles. The van der Waals surface area contributed by atoms with Crippen molar-refractivity contribution in [3.05, 3.63) is 51.9 Å². The molecule has 0 saturated carbocycles. The number of hydrogen-bond donors (Lipinski definition) is 1. The number of aromatic nitrogens is 3. The summed E-state index contributed by atoms with van der Waals surface area (Å²) >= 11 is 0. The highest BCUT2D eigenvalue weighted by Gasteiger charge is 2.23. The lowest BCUT2D eigenvalue weighted by Crippen LogP contribution is -2.33. The first-order valence-electron chi connectivity index (χ1n) is 6.71. The van der Waals surface area contributed by atoms with E-state index in [4.69, 9.17) is 0 Å². The fourth-order valence-corrected chi connectivity index (χ4v) is 1.78. The van der Waals surface area contributed by atoms with Gasteiger partial charge in [-0.05, 0) is 5.56 Å². The van der Waals surface area contributed by atoms with Gasteiger partial charge >= 0.3 is 0 Å². The van der Waals surface area contributed by atoms with Crippen molar-refractivity contribution in [1.29, 1.82) is 0 Å². The first kappa shape index (κ1) is 14.9. The lowest BCUT2D eigenvalue weighted by atomic mass is 9.93. The largest absolute Gasteiger partial charge is 0.356 e. The minimum atomic E-state index is -0.389. The molecule has 21 heavy (non-hydrogen) atoms. The minimum Gasteiger partial charge on any atom is -0.356 e. The number of hydrogen-bond acceptors (Lipinski definition) is 5. The molecule has 1 aromatic carbocycles. The molecule has 0 atom stereocenters. The minimum absolute atomic E-state index is 0.269. The maximum Gasteiger partial charge on any atom is 0.298 e. The fraction of sp³-hybridized carbons (Fsp3) is 0.333. The third-order valence-corrected chi connectivity index (χ3v) is 2.90. The molecule has 0 radical (unpaired) electrons. The lowest BCUT2D eigenvalue weighted by Gasteiger charge is -2.17. The molecule has 1 aromatic heterocycles. The first-order valence-corrected chi connectivity index (χ1v) is 6.71. The highest BCUT2D eigenvalue weighted by atomic mass is 16.1. The standard InChI is InChI=1S/C15H19N5O/c1-15(2,3)12-13(21)20(14(16-4)19-18-12)17-10-11-8-6-5-7-9-11/h5-10H,1-4H3,(H,16,19). The van der Waals surface area contributed by atoms with Gasteiger partial charge < -0.3 is 5.32 Å². The van der Waals surface area contributed by atoms with Crippen molar-refractivity contribution in [3.8, 4) is 0 Å². The van der Waals surface area contributed by atoms with Crippen molar-refractivity contribution >= 4 is 12.2 Å². The molecule has 110 valence electrons. The van der Waals surface area contributed by atoms with E-state index < -0.39 is 0 Å². The van der Waals surface area contributed by atoms with Crippen LogP contribution in [0.3, 0.4) is 0 Å². The van der Waals surface area contributed by atoms with Crippen LogP contribution in [-0.2, 0) is 5.41 Å². The van der Waals surface area contributed by atoms with Crippen molar-refractivity contribution in [2.24, 2.45) is 5.10 Å². The van der Waals surface area contributed by atoms with Gasteiger partial charge in [0.1, 0.15) is 5.69 Å². The van der Waals surface area contributed by atoms with Gasteiger partial charge in [0.25, 0.3) is 5.56 Å². The average molecular weight is 285 g/mol. The van der Waals surface area contributed by atoms with E-state index in [0.29, 0.717) is 11.6 Å². The van der Waals surface area contributed by atoms with Gasteiger partial charge in [-0.25, -0.2) is 0 Å². The van der Waals surface area contributed by atoms with Gasteiger partial charge in [-0.3, -0.25) is 4.79 Å². The van der Waals surface area contributed by atoms with Crippen LogP contribution in [0.25, 0.3) is 0 Å². The quantitative estimate of drug-likeness (QED) is 0.874. The Bertz CT molecular complexity index is 698. The predicted molar refractivity (Wildman–Crippen MR) is 84.0 cm³/mol. The molecule has 0 spiro atoms. The van der Waals surface area contributed by atoms with Crippen LogP contribution in [0, 0.1) is 0 Å².